The van der Waals surface area contributed by atoms with Crippen molar-refractivity contribution >= 4 is 22.7 Å². The van der Waals surface area contributed by atoms with E-state index in [0.29, 0.717) is 47.6 Å². The van der Waals surface area contributed by atoms with Crippen molar-refractivity contribution in [1.82, 2.24) is 0 Å². The second kappa shape index (κ2) is 13.0. The Labute approximate surface area is 253 Å². The van der Waals surface area contributed by atoms with Crippen molar-refractivity contribution < 1.29 is 19.1 Å². The highest BCUT2D eigenvalue weighted by molar-refractivity contribution is 6.06. The fourth-order valence-electron chi connectivity index (χ4n) is 7.08. The van der Waals surface area contributed by atoms with Crippen molar-refractivity contribution in [2.75, 3.05) is 14.2 Å². The van der Waals surface area contributed by atoms with Crippen molar-refractivity contribution in [3.63, 3.8) is 0 Å². The standard InChI is InChI=1S/C38H50O4/c1-21(2)15-27-25-13-11-12-14-26(25)28(16-22(3)4)30-20-32-31(19-29(27)30)33(17-23(5)6)35(37(39)41-9)36(38(40)42-10)34(32)18-24(7)8/h11-14,21-24H,15-20H2,1-10H3. The molecule has 0 heterocycles. The minimum atomic E-state index is -0.453. The minimum Gasteiger partial charge on any atom is -0.465 e. The van der Waals surface area contributed by atoms with E-state index in [0.717, 1.165) is 36.8 Å². The summed E-state index contributed by atoms with van der Waals surface area (Å²) in [6, 6.07) is 8.92. The van der Waals surface area contributed by atoms with E-state index in [4.69, 9.17) is 9.47 Å². The molecule has 42 heavy (non-hydrogen) atoms. The lowest BCUT2D eigenvalue weighted by molar-refractivity contribution is 0.0552. The second-order valence-electron chi connectivity index (χ2n) is 13.9. The molecule has 0 spiro atoms. The number of carbonyl (C=O) groups is 2. The molecule has 1 aliphatic carbocycles. The number of hydrogen-bond acceptors (Lipinski definition) is 4. The Hall–Kier alpha value is -3.14. The summed E-state index contributed by atoms with van der Waals surface area (Å²) < 4.78 is 10.7. The maximum absolute atomic E-state index is 13.6. The van der Waals surface area contributed by atoms with E-state index in [9.17, 15) is 9.59 Å². The van der Waals surface area contributed by atoms with Crippen LogP contribution in [-0.4, -0.2) is 26.2 Å². The fourth-order valence-corrected chi connectivity index (χ4v) is 7.08. The van der Waals surface area contributed by atoms with Crippen LogP contribution in [0, 0.1) is 23.7 Å². The molecule has 0 aliphatic heterocycles. The third-order valence-corrected chi connectivity index (χ3v) is 8.55. The first kappa shape index (κ1) is 31.8. The van der Waals surface area contributed by atoms with E-state index in [1.165, 1.54) is 58.4 Å². The Morgan fingerprint density at radius 2 is 0.833 bits per heavy atom. The van der Waals surface area contributed by atoms with Gasteiger partial charge < -0.3 is 9.47 Å². The summed E-state index contributed by atoms with van der Waals surface area (Å²) in [5.74, 6) is 0.701. The van der Waals surface area contributed by atoms with Crippen molar-refractivity contribution in [2.24, 2.45) is 23.7 Å². The van der Waals surface area contributed by atoms with Gasteiger partial charge in [0.1, 0.15) is 0 Å². The first-order chi connectivity index (χ1) is 19.9. The highest BCUT2D eigenvalue weighted by Crippen LogP contribution is 2.44. The van der Waals surface area contributed by atoms with Gasteiger partial charge in [-0.1, -0.05) is 79.7 Å². The molecule has 0 radical (unpaired) electrons. The highest BCUT2D eigenvalue weighted by atomic mass is 16.5. The Kier molecular flexibility index (Phi) is 9.85. The zero-order valence-corrected chi connectivity index (χ0v) is 27.5. The molecule has 0 atom stereocenters. The van der Waals surface area contributed by atoms with E-state index < -0.39 is 11.9 Å². The van der Waals surface area contributed by atoms with Crippen molar-refractivity contribution in [1.29, 1.82) is 0 Å². The molecule has 4 rings (SSSR count). The average Bonchev–Trinajstić information content (AvgIpc) is 2.93. The number of fused-ring (bicyclic) bond motifs is 3. The van der Waals surface area contributed by atoms with Gasteiger partial charge in [-0.3, -0.25) is 0 Å². The summed E-state index contributed by atoms with van der Waals surface area (Å²) in [5, 5.41) is 2.72. The van der Waals surface area contributed by atoms with Gasteiger partial charge in [-0.25, -0.2) is 9.59 Å². The van der Waals surface area contributed by atoms with Crippen LogP contribution in [0.1, 0.15) is 121 Å². The number of rotatable bonds is 10. The summed E-state index contributed by atoms with van der Waals surface area (Å²) in [5.41, 5.74) is 10.9. The second-order valence-corrected chi connectivity index (χ2v) is 13.9. The predicted octanol–water partition coefficient (Wildman–Crippen LogP) is 8.70. The van der Waals surface area contributed by atoms with Crippen LogP contribution >= 0.6 is 0 Å². The lowest BCUT2D eigenvalue weighted by atomic mass is 9.70. The molecule has 0 saturated carbocycles. The molecular formula is C38H50O4. The van der Waals surface area contributed by atoms with Gasteiger partial charge in [0.25, 0.3) is 0 Å². The maximum Gasteiger partial charge on any atom is 0.339 e. The van der Waals surface area contributed by atoms with Crippen molar-refractivity contribution in [3.05, 3.63) is 79.9 Å². The third kappa shape index (κ3) is 6.14. The molecule has 0 amide bonds. The maximum atomic E-state index is 13.6. The SMILES string of the molecule is COC(=O)c1c(CC(C)C)c2c(c(CC(C)C)c1C(=O)OC)Cc1c(c(CC(C)C)c3ccccc3c1CC(C)C)C2. The first-order valence-electron chi connectivity index (χ1n) is 15.8. The minimum absolute atomic E-state index is 0.295. The molecule has 3 aromatic rings. The van der Waals surface area contributed by atoms with E-state index in [-0.39, 0.29) is 0 Å². The molecule has 0 saturated heterocycles. The van der Waals surface area contributed by atoms with Crippen LogP contribution in [0.4, 0.5) is 0 Å². The number of benzene rings is 3. The van der Waals surface area contributed by atoms with Crippen LogP contribution in [0.3, 0.4) is 0 Å². The van der Waals surface area contributed by atoms with Gasteiger partial charge in [-0.05, 0) is 117 Å². The Balaban J connectivity index is 2.19. The number of methoxy groups -OCH3 is 2. The first-order valence-corrected chi connectivity index (χ1v) is 15.8. The smallest absolute Gasteiger partial charge is 0.339 e. The normalized spacial score (nSPS) is 12.8. The Morgan fingerprint density at radius 1 is 0.548 bits per heavy atom. The topological polar surface area (TPSA) is 52.6 Å². The van der Waals surface area contributed by atoms with Gasteiger partial charge in [0.05, 0.1) is 25.3 Å². The van der Waals surface area contributed by atoms with Gasteiger partial charge in [0.2, 0.25) is 0 Å². The summed E-state index contributed by atoms with van der Waals surface area (Å²) in [6.07, 6.45) is 4.92. The molecule has 226 valence electrons. The summed E-state index contributed by atoms with van der Waals surface area (Å²) in [7, 11) is 2.81. The monoisotopic (exact) mass is 570 g/mol. The van der Waals surface area contributed by atoms with E-state index in [1.54, 1.807) is 0 Å². The molecule has 0 unspecified atom stereocenters. The van der Waals surface area contributed by atoms with Crippen LogP contribution < -0.4 is 0 Å². The van der Waals surface area contributed by atoms with Gasteiger partial charge in [-0.15, -0.1) is 0 Å². The average molecular weight is 571 g/mol. The van der Waals surface area contributed by atoms with E-state index in [1.807, 2.05) is 0 Å². The fraction of sp³-hybridized carbons (Fsp3) is 0.526. The summed E-state index contributed by atoms with van der Waals surface area (Å²) in [6.45, 7) is 17.9. The molecule has 0 N–H and O–H groups in total. The van der Waals surface area contributed by atoms with Crippen LogP contribution in [0.2, 0.25) is 0 Å². The van der Waals surface area contributed by atoms with Crippen molar-refractivity contribution in [2.45, 2.75) is 93.9 Å². The van der Waals surface area contributed by atoms with Gasteiger partial charge >= 0.3 is 11.9 Å². The zero-order valence-electron chi connectivity index (χ0n) is 27.5. The number of esters is 2. The molecule has 0 bridgehead atoms. The Morgan fingerprint density at radius 3 is 1.12 bits per heavy atom. The van der Waals surface area contributed by atoms with Crippen LogP contribution in [0.15, 0.2) is 24.3 Å². The lowest BCUT2D eigenvalue weighted by Crippen LogP contribution is -2.26. The largest absolute Gasteiger partial charge is 0.465 e. The molecule has 3 aromatic carbocycles. The quantitative estimate of drug-likeness (QED) is 0.179. The molecule has 0 fully saturated rings. The van der Waals surface area contributed by atoms with Crippen LogP contribution in [0.5, 0.6) is 0 Å². The van der Waals surface area contributed by atoms with Crippen LogP contribution in [0.25, 0.3) is 10.8 Å². The molecular weight excluding hydrogens is 520 g/mol. The van der Waals surface area contributed by atoms with E-state index >= 15 is 0 Å². The van der Waals surface area contributed by atoms with Crippen molar-refractivity contribution in [3.8, 4) is 0 Å². The van der Waals surface area contributed by atoms with E-state index in [2.05, 4.69) is 79.7 Å². The number of carbonyl (C=O) groups excluding carboxylic acids is 2. The van der Waals surface area contributed by atoms with Crippen LogP contribution in [-0.2, 0) is 48.0 Å². The lowest BCUT2D eigenvalue weighted by Gasteiger charge is -2.33. The van der Waals surface area contributed by atoms with Gasteiger partial charge in [0, 0.05) is 0 Å². The third-order valence-electron chi connectivity index (χ3n) is 8.55. The highest BCUT2D eigenvalue weighted by Gasteiger charge is 2.35. The molecule has 4 heteroatoms. The number of ether oxygens (including phenoxy) is 2. The van der Waals surface area contributed by atoms with Gasteiger partial charge in [-0.2, -0.15) is 0 Å². The summed E-state index contributed by atoms with van der Waals surface area (Å²) >= 11 is 0. The summed E-state index contributed by atoms with van der Waals surface area (Å²) in [4.78, 5) is 27.1. The predicted molar refractivity (Wildman–Crippen MR) is 173 cm³/mol. The molecule has 1 aliphatic rings. The number of hydrogen-bond donors (Lipinski definition) is 0. The zero-order chi connectivity index (χ0) is 30.9. The van der Waals surface area contributed by atoms with Gasteiger partial charge in [0.15, 0.2) is 0 Å². The Bertz CT molecular complexity index is 1380. The molecule has 4 nitrogen and oxygen atoms in total. The molecule has 0 aromatic heterocycles.